The lowest BCUT2D eigenvalue weighted by Crippen LogP contribution is -2.13. The topological polar surface area (TPSA) is 51.0 Å². The van der Waals surface area contributed by atoms with Crippen LogP contribution in [0.1, 0.15) is 35.2 Å². The summed E-state index contributed by atoms with van der Waals surface area (Å²) in [5.74, 6) is 1.93. The Labute approximate surface area is 113 Å². The van der Waals surface area contributed by atoms with Gasteiger partial charge >= 0.3 is 0 Å². The largest absolute Gasteiger partial charge is 0.425 e. The highest BCUT2D eigenvalue weighted by molar-refractivity contribution is 5.31. The highest BCUT2D eigenvalue weighted by Gasteiger charge is 2.24. The van der Waals surface area contributed by atoms with E-state index in [0.717, 1.165) is 44.0 Å². The van der Waals surface area contributed by atoms with Gasteiger partial charge in [-0.05, 0) is 37.4 Å². The highest BCUT2D eigenvalue weighted by atomic mass is 16.4. The van der Waals surface area contributed by atoms with Gasteiger partial charge in [-0.2, -0.15) is 0 Å². The lowest BCUT2D eigenvalue weighted by atomic mass is 9.84. The molecule has 1 aromatic heterocycles. The molecule has 1 aliphatic carbocycles. The summed E-state index contributed by atoms with van der Waals surface area (Å²) in [7, 11) is 1.93. The van der Waals surface area contributed by atoms with Crippen LogP contribution in [0.4, 0.5) is 0 Å². The van der Waals surface area contributed by atoms with Crippen LogP contribution in [0.2, 0.25) is 0 Å². The Hall–Kier alpha value is -1.68. The molecular weight excluding hydrogens is 238 g/mol. The molecule has 0 fully saturated rings. The average Bonchev–Trinajstić information content (AvgIpc) is 2.93. The van der Waals surface area contributed by atoms with E-state index in [1.165, 1.54) is 11.1 Å². The maximum atomic E-state index is 5.78. The number of rotatable bonds is 4. The number of nitrogens with zero attached hydrogens (tertiary/aromatic N) is 2. The maximum absolute atomic E-state index is 5.78. The van der Waals surface area contributed by atoms with Crippen LogP contribution in [0, 0.1) is 0 Å². The van der Waals surface area contributed by atoms with Crippen molar-refractivity contribution in [3.05, 3.63) is 47.2 Å². The summed E-state index contributed by atoms with van der Waals surface area (Å²) in [6, 6.07) is 8.65. The fraction of sp³-hybridized carbons (Fsp3) is 0.467. The molecule has 1 aliphatic rings. The maximum Gasteiger partial charge on any atom is 0.219 e. The van der Waals surface area contributed by atoms with Gasteiger partial charge in [-0.1, -0.05) is 24.3 Å². The standard InChI is InChI=1S/C15H19N3O/c1-16-9-8-14-17-18-15(19-14)13-7-6-11-4-2-3-5-12(11)10-13/h2-5,13,16H,6-10H2,1H3. The van der Waals surface area contributed by atoms with Crippen LogP contribution in [0.3, 0.4) is 0 Å². The summed E-state index contributed by atoms with van der Waals surface area (Å²) in [4.78, 5) is 0. The Morgan fingerprint density at radius 3 is 2.95 bits per heavy atom. The first-order chi connectivity index (χ1) is 9.36. The molecule has 0 saturated carbocycles. The van der Waals surface area contributed by atoms with Crippen molar-refractivity contribution in [1.29, 1.82) is 0 Å². The van der Waals surface area contributed by atoms with Gasteiger partial charge in [-0.25, -0.2) is 0 Å². The fourth-order valence-electron chi connectivity index (χ4n) is 2.67. The third-order valence-corrected chi connectivity index (χ3v) is 3.77. The Balaban J connectivity index is 1.72. The molecule has 0 spiro atoms. The van der Waals surface area contributed by atoms with Crippen molar-refractivity contribution in [3.63, 3.8) is 0 Å². The minimum absolute atomic E-state index is 0.380. The summed E-state index contributed by atoms with van der Waals surface area (Å²) < 4.78 is 5.78. The summed E-state index contributed by atoms with van der Waals surface area (Å²) in [6.07, 6.45) is 4.02. The van der Waals surface area contributed by atoms with Gasteiger partial charge in [-0.15, -0.1) is 10.2 Å². The summed E-state index contributed by atoms with van der Waals surface area (Å²) in [5, 5.41) is 11.4. The zero-order valence-corrected chi connectivity index (χ0v) is 11.2. The molecule has 1 heterocycles. The number of fused-ring (bicyclic) bond motifs is 1. The fourth-order valence-corrected chi connectivity index (χ4v) is 2.67. The molecule has 4 nitrogen and oxygen atoms in total. The van der Waals surface area contributed by atoms with Crippen LogP contribution in [0.25, 0.3) is 0 Å². The van der Waals surface area contributed by atoms with Crippen molar-refractivity contribution in [1.82, 2.24) is 15.5 Å². The molecule has 0 bridgehead atoms. The third kappa shape index (κ3) is 2.68. The van der Waals surface area contributed by atoms with Crippen LogP contribution in [-0.4, -0.2) is 23.8 Å². The monoisotopic (exact) mass is 257 g/mol. The van der Waals surface area contributed by atoms with Crippen molar-refractivity contribution in [2.75, 3.05) is 13.6 Å². The molecule has 1 aromatic carbocycles. The Morgan fingerprint density at radius 2 is 2.11 bits per heavy atom. The molecule has 3 rings (SSSR count). The summed E-state index contributed by atoms with van der Waals surface area (Å²) in [5.41, 5.74) is 2.89. The van der Waals surface area contributed by atoms with Crippen molar-refractivity contribution in [3.8, 4) is 0 Å². The second-order valence-corrected chi connectivity index (χ2v) is 5.10. The molecule has 1 N–H and O–H groups in total. The molecule has 1 unspecified atom stereocenters. The molecule has 0 aliphatic heterocycles. The Morgan fingerprint density at radius 1 is 1.26 bits per heavy atom. The van der Waals surface area contributed by atoms with E-state index < -0.39 is 0 Å². The smallest absolute Gasteiger partial charge is 0.219 e. The van der Waals surface area contributed by atoms with Crippen LogP contribution in [0.15, 0.2) is 28.7 Å². The van der Waals surface area contributed by atoms with Crippen LogP contribution < -0.4 is 5.32 Å². The predicted molar refractivity (Wildman–Crippen MR) is 73.1 cm³/mol. The lowest BCUT2D eigenvalue weighted by molar-refractivity contribution is 0.393. The van der Waals surface area contributed by atoms with Crippen molar-refractivity contribution in [2.45, 2.75) is 31.6 Å². The van der Waals surface area contributed by atoms with Gasteiger partial charge in [0.05, 0.1) is 0 Å². The number of likely N-dealkylation sites (N-methyl/N-ethyl adjacent to an activating group) is 1. The second kappa shape index (κ2) is 5.53. The first kappa shape index (κ1) is 12.4. The SMILES string of the molecule is CNCCc1nnc(C2CCc3ccccc3C2)o1. The van der Waals surface area contributed by atoms with Gasteiger partial charge in [0.25, 0.3) is 0 Å². The second-order valence-electron chi connectivity index (χ2n) is 5.10. The van der Waals surface area contributed by atoms with E-state index in [1.807, 2.05) is 7.05 Å². The predicted octanol–water partition coefficient (Wildman–Crippen LogP) is 2.10. The molecule has 19 heavy (non-hydrogen) atoms. The number of aryl methyl sites for hydroxylation is 1. The molecule has 2 aromatic rings. The average molecular weight is 257 g/mol. The van der Waals surface area contributed by atoms with E-state index in [9.17, 15) is 0 Å². The number of nitrogens with one attached hydrogen (secondary N) is 1. The first-order valence-corrected chi connectivity index (χ1v) is 6.90. The van der Waals surface area contributed by atoms with Crippen molar-refractivity contribution in [2.24, 2.45) is 0 Å². The number of hydrogen-bond donors (Lipinski definition) is 1. The molecule has 0 amide bonds. The molecule has 0 radical (unpaired) electrons. The Kier molecular flexibility index (Phi) is 3.60. The Bertz CT molecular complexity index is 550. The molecule has 0 saturated heterocycles. The van der Waals surface area contributed by atoms with Crippen molar-refractivity contribution >= 4 is 0 Å². The quantitative estimate of drug-likeness (QED) is 0.911. The van der Waals surface area contributed by atoms with E-state index in [1.54, 1.807) is 0 Å². The zero-order valence-electron chi connectivity index (χ0n) is 11.2. The van der Waals surface area contributed by atoms with E-state index in [2.05, 4.69) is 39.8 Å². The van der Waals surface area contributed by atoms with Gasteiger partial charge in [0.2, 0.25) is 11.8 Å². The van der Waals surface area contributed by atoms with Gasteiger partial charge in [-0.3, -0.25) is 0 Å². The minimum atomic E-state index is 0.380. The number of hydrogen-bond acceptors (Lipinski definition) is 4. The number of aromatic nitrogens is 2. The molecule has 1 atom stereocenters. The minimum Gasteiger partial charge on any atom is -0.425 e. The first-order valence-electron chi connectivity index (χ1n) is 6.90. The molecular formula is C15H19N3O. The lowest BCUT2D eigenvalue weighted by Gasteiger charge is -2.21. The van der Waals surface area contributed by atoms with Gasteiger partial charge in [0.15, 0.2) is 0 Å². The third-order valence-electron chi connectivity index (χ3n) is 3.77. The summed E-state index contributed by atoms with van der Waals surface area (Å²) in [6.45, 7) is 0.870. The van der Waals surface area contributed by atoms with Gasteiger partial charge in [0.1, 0.15) is 0 Å². The van der Waals surface area contributed by atoms with Gasteiger partial charge < -0.3 is 9.73 Å². The van der Waals surface area contributed by atoms with Gasteiger partial charge in [0, 0.05) is 18.9 Å². The normalized spacial score (nSPS) is 18.3. The molecule has 100 valence electrons. The van der Waals surface area contributed by atoms with E-state index in [0.29, 0.717) is 5.92 Å². The summed E-state index contributed by atoms with van der Waals surface area (Å²) >= 11 is 0. The van der Waals surface area contributed by atoms with E-state index in [4.69, 9.17) is 4.42 Å². The zero-order chi connectivity index (χ0) is 13.1. The van der Waals surface area contributed by atoms with Crippen LogP contribution in [-0.2, 0) is 19.3 Å². The highest BCUT2D eigenvalue weighted by Crippen LogP contribution is 2.31. The molecule has 4 heteroatoms. The van der Waals surface area contributed by atoms with E-state index >= 15 is 0 Å². The van der Waals surface area contributed by atoms with E-state index in [-0.39, 0.29) is 0 Å². The van der Waals surface area contributed by atoms with Crippen molar-refractivity contribution < 1.29 is 4.42 Å². The van der Waals surface area contributed by atoms with Crippen LogP contribution in [0.5, 0.6) is 0 Å². The van der Waals surface area contributed by atoms with Crippen LogP contribution >= 0.6 is 0 Å². The number of benzene rings is 1.